The average Bonchev–Trinajstić information content (AvgIpc) is 2.73. The van der Waals surface area contributed by atoms with E-state index in [1.165, 1.54) is 17.8 Å². The fourth-order valence-electron chi connectivity index (χ4n) is 3.28. The normalized spacial score (nSPS) is 13.2. The van der Waals surface area contributed by atoms with Gasteiger partial charge in [0.25, 0.3) is 5.91 Å². The number of benzene rings is 1. The molecule has 0 atom stereocenters. The van der Waals surface area contributed by atoms with Gasteiger partial charge < -0.3 is 26.7 Å². The van der Waals surface area contributed by atoms with Gasteiger partial charge in [0.2, 0.25) is 0 Å². The molecule has 0 saturated carbocycles. The number of hydrogen-bond donors (Lipinski definition) is 4. The Morgan fingerprint density at radius 2 is 1.94 bits per heavy atom. The number of carbonyl (C=O) groups excluding carboxylic acids is 1. The SMILES string of the molecule is CC(=N)/C=C(\N)Nc1cc(N2CCC2)nc(Sc2ccc(NC(=O)c3cccnc3C)cc2)n1. The molecule has 1 aromatic carbocycles. The lowest BCUT2D eigenvalue weighted by Gasteiger charge is -2.32. The number of amides is 1. The molecule has 0 radical (unpaired) electrons. The molecule has 3 heterocycles. The minimum Gasteiger partial charge on any atom is -0.385 e. The summed E-state index contributed by atoms with van der Waals surface area (Å²) < 4.78 is 0. The summed E-state index contributed by atoms with van der Waals surface area (Å²) in [5.41, 5.74) is 8.25. The number of aromatic nitrogens is 3. The van der Waals surface area contributed by atoms with Crippen LogP contribution in [0.25, 0.3) is 0 Å². The molecular formula is C24H26N8OS. The van der Waals surface area contributed by atoms with Crippen molar-refractivity contribution in [1.29, 1.82) is 5.41 Å². The van der Waals surface area contributed by atoms with Gasteiger partial charge >= 0.3 is 0 Å². The molecule has 9 nitrogen and oxygen atoms in total. The Labute approximate surface area is 202 Å². The van der Waals surface area contributed by atoms with Gasteiger partial charge in [0.1, 0.15) is 17.5 Å². The monoisotopic (exact) mass is 474 g/mol. The molecule has 0 aliphatic carbocycles. The van der Waals surface area contributed by atoms with Crippen LogP contribution in [0.15, 0.2) is 70.6 Å². The van der Waals surface area contributed by atoms with Crippen LogP contribution in [-0.2, 0) is 0 Å². The first kappa shape index (κ1) is 23.2. The van der Waals surface area contributed by atoms with E-state index in [9.17, 15) is 4.79 Å². The summed E-state index contributed by atoms with van der Waals surface area (Å²) >= 11 is 1.42. The van der Waals surface area contributed by atoms with E-state index in [1.54, 1.807) is 25.3 Å². The second kappa shape index (κ2) is 10.3. The van der Waals surface area contributed by atoms with E-state index in [0.29, 0.717) is 39.5 Å². The maximum atomic E-state index is 12.5. The van der Waals surface area contributed by atoms with Gasteiger partial charge in [-0.3, -0.25) is 9.78 Å². The number of pyridine rings is 1. The van der Waals surface area contributed by atoms with Crippen LogP contribution in [0.1, 0.15) is 29.4 Å². The molecule has 0 bridgehead atoms. The molecular weight excluding hydrogens is 448 g/mol. The Hall–Kier alpha value is -3.92. The third-order valence-corrected chi connectivity index (χ3v) is 5.96. The maximum Gasteiger partial charge on any atom is 0.257 e. The third kappa shape index (κ3) is 5.90. The molecule has 0 unspecified atom stereocenters. The molecule has 1 saturated heterocycles. The topological polar surface area (TPSA) is 133 Å². The summed E-state index contributed by atoms with van der Waals surface area (Å²) in [6.07, 6.45) is 4.34. The Kier molecular flexibility index (Phi) is 7.07. The van der Waals surface area contributed by atoms with Crippen LogP contribution < -0.4 is 21.3 Å². The van der Waals surface area contributed by atoms with Gasteiger partial charge in [0.05, 0.1) is 5.56 Å². The van der Waals surface area contributed by atoms with Gasteiger partial charge in [0, 0.05) is 47.3 Å². The fourth-order valence-corrected chi connectivity index (χ4v) is 4.05. The molecule has 34 heavy (non-hydrogen) atoms. The number of nitrogens with zero attached hydrogens (tertiary/aromatic N) is 4. The van der Waals surface area contributed by atoms with Crippen LogP contribution in [-0.4, -0.2) is 39.7 Å². The zero-order chi connectivity index (χ0) is 24.1. The van der Waals surface area contributed by atoms with Crippen molar-refractivity contribution in [3.8, 4) is 0 Å². The molecule has 1 aliphatic rings. The quantitative estimate of drug-likeness (QED) is 0.284. The van der Waals surface area contributed by atoms with Crippen LogP contribution in [0.5, 0.6) is 0 Å². The highest BCUT2D eigenvalue weighted by Gasteiger charge is 2.18. The number of anilines is 3. The molecule has 4 rings (SSSR count). The lowest BCUT2D eigenvalue weighted by Crippen LogP contribution is -2.37. The summed E-state index contributed by atoms with van der Waals surface area (Å²) in [5, 5.41) is 14.1. The van der Waals surface area contributed by atoms with Gasteiger partial charge in [0.15, 0.2) is 5.16 Å². The highest BCUT2D eigenvalue weighted by Crippen LogP contribution is 2.30. The summed E-state index contributed by atoms with van der Waals surface area (Å²) in [6, 6.07) is 12.9. The first-order chi connectivity index (χ1) is 16.4. The smallest absolute Gasteiger partial charge is 0.257 e. The zero-order valence-electron chi connectivity index (χ0n) is 19.0. The van der Waals surface area contributed by atoms with Crippen LogP contribution in [0.3, 0.4) is 0 Å². The zero-order valence-corrected chi connectivity index (χ0v) is 19.8. The molecule has 10 heteroatoms. The van der Waals surface area contributed by atoms with Crippen LogP contribution in [0.2, 0.25) is 0 Å². The number of allylic oxidation sites excluding steroid dienone is 1. The molecule has 174 valence electrons. The van der Waals surface area contributed by atoms with Gasteiger partial charge in [-0.2, -0.15) is 0 Å². The summed E-state index contributed by atoms with van der Waals surface area (Å²) in [7, 11) is 0. The van der Waals surface area contributed by atoms with Crippen molar-refractivity contribution in [1.82, 2.24) is 15.0 Å². The fraction of sp³-hybridized carbons (Fsp3) is 0.208. The van der Waals surface area contributed by atoms with E-state index < -0.39 is 0 Å². The Balaban J connectivity index is 1.49. The van der Waals surface area contributed by atoms with E-state index in [2.05, 4.69) is 25.5 Å². The standard InChI is InChI=1S/C24H26N8OS/c1-15(25)13-20(26)29-21-14-22(32-11-4-12-32)31-24(30-21)34-18-8-6-17(7-9-18)28-23(33)19-5-3-10-27-16(19)2/h3,5-10,13-14,25H,4,11-12,26H2,1-2H3,(H,28,33)(H,29,30,31)/b20-13+,25-15?. The Bertz CT molecular complexity index is 1240. The predicted octanol–water partition coefficient (Wildman–Crippen LogP) is 4.05. The molecule has 3 aromatic rings. The summed E-state index contributed by atoms with van der Waals surface area (Å²) in [5.74, 6) is 1.56. The largest absolute Gasteiger partial charge is 0.385 e. The highest BCUT2D eigenvalue weighted by atomic mass is 32.2. The van der Waals surface area contributed by atoms with Crippen LogP contribution in [0.4, 0.5) is 17.3 Å². The molecule has 1 aliphatic heterocycles. The van der Waals surface area contributed by atoms with Crippen molar-refractivity contribution in [2.24, 2.45) is 5.73 Å². The first-order valence-electron chi connectivity index (χ1n) is 10.8. The highest BCUT2D eigenvalue weighted by molar-refractivity contribution is 7.99. The minimum atomic E-state index is -0.196. The van der Waals surface area contributed by atoms with E-state index in [0.717, 1.165) is 30.2 Å². The van der Waals surface area contributed by atoms with Gasteiger partial charge in [-0.1, -0.05) is 0 Å². The third-order valence-electron chi connectivity index (χ3n) is 5.09. The van der Waals surface area contributed by atoms with Gasteiger partial charge in [-0.15, -0.1) is 0 Å². The molecule has 1 amide bonds. The van der Waals surface area contributed by atoms with Crippen LogP contribution >= 0.6 is 11.8 Å². The van der Waals surface area contributed by atoms with Crippen LogP contribution in [0, 0.1) is 12.3 Å². The molecule has 0 spiro atoms. The van der Waals surface area contributed by atoms with Crippen molar-refractivity contribution in [2.45, 2.75) is 30.3 Å². The summed E-state index contributed by atoms with van der Waals surface area (Å²) in [4.78, 5) is 29.1. The Morgan fingerprint density at radius 3 is 2.59 bits per heavy atom. The second-order valence-corrected chi connectivity index (χ2v) is 8.90. The van der Waals surface area contributed by atoms with Crippen molar-refractivity contribution in [3.05, 3.63) is 71.8 Å². The van der Waals surface area contributed by atoms with E-state index in [1.807, 2.05) is 37.3 Å². The van der Waals surface area contributed by atoms with Crippen molar-refractivity contribution in [2.75, 3.05) is 28.6 Å². The lowest BCUT2D eigenvalue weighted by atomic mass is 10.2. The molecule has 5 N–H and O–H groups in total. The minimum absolute atomic E-state index is 0.196. The van der Waals surface area contributed by atoms with E-state index in [4.69, 9.17) is 16.1 Å². The maximum absolute atomic E-state index is 12.5. The average molecular weight is 475 g/mol. The van der Waals surface area contributed by atoms with Crippen molar-refractivity contribution < 1.29 is 4.79 Å². The van der Waals surface area contributed by atoms with Gasteiger partial charge in [-0.05, 0) is 74.5 Å². The number of hydrogen-bond acceptors (Lipinski definition) is 9. The number of nitrogens with one attached hydrogen (secondary N) is 3. The van der Waals surface area contributed by atoms with Gasteiger partial charge in [-0.25, -0.2) is 9.97 Å². The lowest BCUT2D eigenvalue weighted by molar-refractivity contribution is 0.102. The number of carbonyl (C=O) groups is 1. The number of aryl methyl sites for hydroxylation is 1. The van der Waals surface area contributed by atoms with Crippen molar-refractivity contribution in [3.63, 3.8) is 0 Å². The van der Waals surface area contributed by atoms with Crippen molar-refractivity contribution >= 4 is 40.7 Å². The number of nitrogens with two attached hydrogens (primary N) is 1. The Morgan fingerprint density at radius 1 is 1.18 bits per heavy atom. The molecule has 1 fully saturated rings. The molecule has 2 aromatic heterocycles. The number of rotatable bonds is 8. The van der Waals surface area contributed by atoms with E-state index >= 15 is 0 Å². The first-order valence-corrected chi connectivity index (χ1v) is 11.6. The van der Waals surface area contributed by atoms with E-state index in [-0.39, 0.29) is 5.91 Å². The predicted molar refractivity (Wildman–Crippen MR) is 136 cm³/mol. The summed E-state index contributed by atoms with van der Waals surface area (Å²) in [6.45, 7) is 5.37. The second-order valence-electron chi connectivity index (χ2n) is 7.86.